The van der Waals surface area contributed by atoms with E-state index in [9.17, 15) is 0 Å². The molecule has 78 valence electrons. The van der Waals surface area contributed by atoms with Crippen LogP contribution in [0.5, 0.6) is 5.75 Å². The molecule has 1 aromatic rings. The van der Waals surface area contributed by atoms with Gasteiger partial charge < -0.3 is 10.5 Å². The molecule has 2 N–H and O–H groups in total. The summed E-state index contributed by atoms with van der Waals surface area (Å²) >= 11 is 3.42. The second-order valence-corrected chi connectivity index (χ2v) is 5.18. The minimum absolute atomic E-state index is 0.0571. The summed E-state index contributed by atoms with van der Waals surface area (Å²) < 4.78 is 6.23. The van der Waals surface area contributed by atoms with Crippen LogP contribution in [0.15, 0.2) is 16.6 Å². The molecule has 0 aliphatic rings. The summed E-state index contributed by atoms with van der Waals surface area (Å²) in [6.07, 6.45) is 0. The molecule has 14 heavy (non-hydrogen) atoms. The van der Waals surface area contributed by atoms with Crippen molar-refractivity contribution in [2.45, 2.75) is 26.2 Å². The Hall–Kier alpha value is -0.700. The normalized spacial score (nSPS) is 11.5. The Kier molecular flexibility index (Phi) is 3.10. The standard InChI is InChI=1S/C11H16BrNO/c1-11(2,3)7-5-8(12)9(13)6-10(7)14-4/h5-6H,13H2,1-4H3. The number of anilines is 1. The summed E-state index contributed by atoms with van der Waals surface area (Å²) in [5.41, 5.74) is 7.70. The maximum Gasteiger partial charge on any atom is 0.124 e. The highest BCUT2D eigenvalue weighted by Gasteiger charge is 2.19. The summed E-state index contributed by atoms with van der Waals surface area (Å²) in [5.74, 6) is 0.846. The third kappa shape index (κ3) is 2.21. The molecule has 0 aromatic heterocycles. The third-order valence-corrected chi connectivity index (χ3v) is 2.81. The fourth-order valence-electron chi connectivity index (χ4n) is 1.32. The predicted molar refractivity (Wildman–Crippen MR) is 63.8 cm³/mol. The van der Waals surface area contributed by atoms with Gasteiger partial charge in [0.05, 0.1) is 7.11 Å². The van der Waals surface area contributed by atoms with E-state index in [2.05, 4.69) is 36.7 Å². The van der Waals surface area contributed by atoms with Crippen LogP contribution in [0.4, 0.5) is 5.69 Å². The van der Waals surface area contributed by atoms with E-state index in [-0.39, 0.29) is 5.41 Å². The topological polar surface area (TPSA) is 35.2 Å². The first-order valence-corrected chi connectivity index (χ1v) is 5.29. The summed E-state index contributed by atoms with van der Waals surface area (Å²) in [7, 11) is 1.66. The molecule has 1 aromatic carbocycles. The number of methoxy groups -OCH3 is 1. The van der Waals surface area contributed by atoms with Crippen LogP contribution in [0.1, 0.15) is 26.3 Å². The van der Waals surface area contributed by atoms with Gasteiger partial charge in [-0.25, -0.2) is 0 Å². The zero-order valence-corrected chi connectivity index (χ0v) is 10.6. The van der Waals surface area contributed by atoms with Crippen molar-refractivity contribution in [1.82, 2.24) is 0 Å². The van der Waals surface area contributed by atoms with E-state index in [1.807, 2.05) is 12.1 Å². The summed E-state index contributed by atoms with van der Waals surface area (Å²) in [6.45, 7) is 6.44. The van der Waals surface area contributed by atoms with Crippen molar-refractivity contribution in [3.05, 3.63) is 22.2 Å². The van der Waals surface area contributed by atoms with Crippen LogP contribution in [-0.4, -0.2) is 7.11 Å². The monoisotopic (exact) mass is 257 g/mol. The van der Waals surface area contributed by atoms with Crippen LogP contribution in [0, 0.1) is 0 Å². The quantitative estimate of drug-likeness (QED) is 0.784. The van der Waals surface area contributed by atoms with Gasteiger partial charge in [0.1, 0.15) is 5.75 Å². The number of ether oxygens (including phenoxy) is 1. The Bertz CT molecular complexity index is 342. The molecule has 0 bridgehead atoms. The number of hydrogen-bond donors (Lipinski definition) is 1. The van der Waals surface area contributed by atoms with Crippen molar-refractivity contribution in [1.29, 1.82) is 0 Å². The minimum Gasteiger partial charge on any atom is -0.496 e. The van der Waals surface area contributed by atoms with Crippen LogP contribution >= 0.6 is 15.9 Å². The first-order valence-electron chi connectivity index (χ1n) is 4.49. The van der Waals surface area contributed by atoms with Crippen LogP contribution in [0.25, 0.3) is 0 Å². The van der Waals surface area contributed by atoms with Gasteiger partial charge in [0.25, 0.3) is 0 Å². The van der Waals surface area contributed by atoms with Gasteiger partial charge in [-0.05, 0) is 27.4 Å². The van der Waals surface area contributed by atoms with Crippen LogP contribution in [0.2, 0.25) is 0 Å². The van der Waals surface area contributed by atoms with E-state index in [1.54, 1.807) is 7.11 Å². The van der Waals surface area contributed by atoms with E-state index < -0.39 is 0 Å². The second kappa shape index (κ2) is 3.81. The maximum absolute atomic E-state index is 5.78. The van der Waals surface area contributed by atoms with Gasteiger partial charge in [0, 0.05) is 21.8 Å². The van der Waals surface area contributed by atoms with Crippen molar-refractivity contribution in [2.24, 2.45) is 0 Å². The first kappa shape index (κ1) is 11.4. The van der Waals surface area contributed by atoms with Crippen molar-refractivity contribution < 1.29 is 4.74 Å². The number of hydrogen-bond acceptors (Lipinski definition) is 2. The number of benzene rings is 1. The lowest BCUT2D eigenvalue weighted by atomic mass is 9.86. The van der Waals surface area contributed by atoms with Gasteiger partial charge in [-0.15, -0.1) is 0 Å². The van der Waals surface area contributed by atoms with Gasteiger partial charge in [-0.1, -0.05) is 20.8 Å². The molecule has 0 heterocycles. The molecule has 0 saturated carbocycles. The Balaban J connectivity index is 3.35. The summed E-state index contributed by atoms with van der Waals surface area (Å²) in [4.78, 5) is 0. The molecular formula is C11H16BrNO. The lowest BCUT2D eigenvalue weighted by Crippen LogP contribution is -2.13. The SMILES string of the molecule is COc1cc(N)c(Br)cc1C(C)(C)C. The van der Waals surface area contributed by atoms with Crippen molar-refractivity contribution >= 4 is 21.6 Å². The predicted octanol–water partition coefficient (Wildman–Crippen LogP) is 3.34. The fraction of sp³-hybridized carbons (Fsp3) is 0.455. The maximum atomic E-state index is 5.78. The van der Waals surface area contributed by atoms with Crippen LogP contribution < -0.4 is 10.5 Å². The number of rotatable bonds is 1. The number of nitrogen functional groups attached to an aromatic ring is 1. The van der Waals surface area contributed by atoms with Gasteiger partial charge >= 0.3 is 0 Å². The molecule has 0 fully saturated rings. The molecule has 0 atom stereocenters. The van der Waals surface area contributed by atoms with Crippen LogP contribution in [0.3, 0.4) is 0 Å². The Morgan fingerprint density at radius 1 is 1.29 bits per heavy atom. The number of halogens is 1. The van der Waals surface area contributed by atoms with E-state index in [1.165, 1.54) is 0 Å². The molecule has 0 saturated heterocycles. The van der Waals surface area contributed by atoms with E-state index in [0.717, 1.165) is 15.8 Å². The lowest BCUT2D eigenvalue weighted by molar-refractivity contribution is 0.397. The molecule has 1 rings (SSSR count). The summed E-state index contributed by atoms with van der Waals surface area (Å²) in [6, 6.07) is 3.87. The van der Waals surface area contributed by atoms with Crippen molar-refractivity contribution in [3.63, 3.8) is 0 Å². The minimum atomic E-state index is 0.0571. The molecule has 0 aliphatic heterocycles. The molecule has 0 spiro atoms. The molecule has 2 nitrogen and oxygen atoms in total. The largest absolute Gasteiger partial charge is 0.496 e. The van der Waals surface area contributed by atoms with Gasteiger partial charge in [0.15, 0.2) is 0 Å². The molecule has 0 aliphatic carbocycles. The lowest BCUT2D eigenvalue weighted by Gasteiger charge is -2.22. The average Bonchev–Trinajstić information content (AvgIpc) is 2.07. The molecule has 0 unspecified atom stereocenters. The zero-order chi connectivity index (χ0) is 10.9. The highest BCUT2D eigenvalue weighted by Crippen LogP contribution is 2.36. The highest BCUT2D eigenvalue weighted by atomic mass is 79.9. The van der Waals surface area contributed by atoms with Gasteiger partial charge in [-0.3, -0.25) is 0 Å². The smallest absolute Gasteiger partial charge is 0.124 e. The Labute approximate surface area is 93.6 Å². The molecule has 0 radical (unpaired) electrons. The van der Waals surface area contributed by atoms with Crippen LogP contribution in [-0.2, 0) is 5.41 Å². The molecule has 0 amide bonds. The first-order chi connectivity index (χ1) is 6.36. The zero-order valence-electron chi connectivity index (χ0n) is 9.02. The average molecular weight is 258 g/mol. The second-order valence-electron chi connectivity index (χ2n) is 4.32. The van der Waals surface area contributed by atoms with E-state index in [4.69, 9.17) is 10.5 Å². The van der Waals surface area contributed by atoms with Crippen molar-refractivity contribution in [3.8, 4) is 5.75 Å². The van der Waals surface area contributed by atoms with Crippen molar-refractivity contribution in [2.75, 3.05) is 12.8 Å². The highest BCUT2D eigenvalue weighted by molar-refractivity contribution is 9.10. The third-order valence-electron chi connectivity index (χ3n) is 2.13. The molecular weight excluding hydrogens is 242 g/mol. The fourth-order valence-corrected chi connectivity index (χ4v) is 1.67. The van der Waals surface area contributed by atoms with Gasteiger partial charge in [0.2, 0.25) is 0 Å². The number of nitrogens with two attached hydrogens (primary N) is 1. The Morgan fingerprint density at radius 3 is 2.29 bits per heavy atom. The van der Waals surface area contributed by atoms with Gasteiger partial charge in [-0.2, -0.15) is 0 Å². The van der Waals surface area contributed by atoms with E-state index in [0.29, 0.717) is 5.69 Å². The molecule has 3 heteroatoms. The summed E-state index contributed by atoms with van der Waals surface area (Å²) in [5, 5.41) is 0. The Morgan fingerprint density at radius 2 is 1.86 bits per heavy atom. The van der Waals surface area contributed by atoms with E-state index >= 15 is 0 Å².